The summed E-state index contributed by atoms with van der Waals surface area (Å²) < 4.78 is 13.1. The minimum atomic E-state index is -0.574. The maximum absolute atomic E-state index is 13.1. The highest BCUT2D eigenvalue weighted by Gasteiger charge is 2.22. The average molecular weight is 389 g/mol. The third kappa shape index (κ3) is 3.38. The van der Waals surface area contributed by atoms with Crippen LogP contribution in [0.5, 0.6) is 0 Å². The molecule has 0 fully saturated rings. The molecule has 8 heteroatoms. The Morgan fingerprint density at radius 3 is 2.38 bits per heavy atom. The molecule has 0 aliphatic heterocycles. The van der Waals surface area contributed by atoms with E-state index in [2.05, 4.69) is 10.3 Å². The van der Waals surface area contributed by atoms with Crippen LogP contribution in [0.2, 0.25) is 0 Å². The number of hydrogen-bond donors (Lipinski definition) is 2. The Kier molecular flexibility index (Phi) is 4.88. The summed E-state index contributed by atoms with van der Waals surface area (Å²) in [6.45, 7) is 5.40. The van der Waals surface area contributed by atoms with E-state index in [-0.39, 0.29) is 11.7 Å². The van der Waals surface area contributed by atoms with Gasteiger partial charge in [0.1, 0.15) is 20.7 Å². The van der Waals surface area contributed by atoms with E-state index in [9.17, 15) is 14.0 Å². The molecule has 2 amide bonds. The van der Waals surface area contributed by atoms with Gasteiger partial charge in [-0.3, -0.25) is 9.59 Å². The quantitative estimate of drug-likeness (QED) is 0.698. The molecule has 2 aromatic heterocycles. The summed E-state index contributed by atoms with van der Waals surface area (Å²) in [5.74, 6) is -1.25. The first-order valence-electron chi connectivity index (χ1n) is 7.72. The normalized spacial score (nSPS) is 10.8. The van der Waals surface area contributed by atoms with E-state index in [0.29, 0.717) is 26.1 Å². The standard InChI is InChI=1S/C18H16FN3O2S2/c1-8-10(3)25-18(13(8)15(20)23)22-16(24)14-9(2)21-17(26-14)11-4-6-12(19)7-5-11/h4-7H,1-3H3,(H2,20,23)(H,22,24). The monoisotopic (exact) mass is 389 g/mol. The Hall–Kier alpha value is -2.58. The molecule has 0 aliphatic carbocycles. The largest absolute Gasteiger partial charge is 0.365 e. The lowest BCUT2D eigenvalue weighted by Crippen LogP contribution is -2.17. The van der Waals surface area contributed by atoms with Crippen LogP contribution in [-0.4, -0.2) is 16.8 Å². The number of aromatic nitrogens is 1. The summed E-state index contributed by atoms with van der Waals surface area (Å²) in [7, 11) is 0. The van der Waals surface area contributed by atoms with E-state index >= 15 is 0 Å². The first-order chi connectivity index (χ1) is 12.3. The average Bonchev–Trinajstić information content (AvgIpc) is 3.08. The van der Waals surface area contributed by atoms with Gasteiger partial charge in [0.2, 0.25) is 0 Å². The van der Waals surface area contributed by atoms with Gasteiger partial charge in [0.15, 0.2) is 0 Å². The number of nitrogens with one attached hydrogen (secondary N) is 1. The number of thiazole rings is 1. The van der Waals surface area contributed by atoms with Gasteiger partial charge in [0.25, 0.3) is 11.8 Å². The molecule has 5 nitrogen and oxygen atoms in total. The second kappa shape index (κ2) is 6.97. The zero-order valence-electron chi connectivity index (χ0n) is 14.3. The van der Waals surface area contributed by atoms with Crippen LogP contribution in [0.1, 0.15) is 36.2 Å². The van der Waals surface area contributed by atoms with Crippen LogP contribution in [0.15, 0.2) is 24.3 Å². The van der Waals surface area contributed by atoms with E-state index < -0.39 is 5.91 Å². The van der Waals surface area contributed by atoms with E-state index in [4.69, 9.17) is 5.73 Å². The zero-order valence-corrected chi connectivity index (χ0v) is 16.0. The third-order valence-electron chi connectivity index (χ3n) is 3.95. The Balaban J connectivity index is 1.91. The van der Waals surface area contributed by atoms with Gasteiger partial charge in [0, 0.05) is 10.4 Å². The molecular formula is C18H16FN3O2S2. The number of hydrogen-bond acceptors (Lipinski definition) is 5. The number of halogens is 1. The number of carbonyl (C=O) groups excluding carboxylic acids is 2. The van der Waals surface area contributed by atoms with Gasteiger partial charge in [-0.1, -0.05) is 0 Å². The highest BCUT2D eigenvalue weighted by Crippen LogP contribution is 2.34. The molecule has 0 saturated carbocycles. The van der Waals surface area contributed by atoms with Crippen LogP contribution in [0, 0.1) is 26.6 Å². The molecule has 0 spiro atoms. The van der Waals surface area contributed by atoms with E-state index in [1.165, 1.54) is 34.8 Å². The lowest BCUT2D eigenvalue weighted by Gasteiger charge is -2.04. The molecule has 26 heavy (non-hydrogen) atoms. The van der Waals surface area contributed by atoms with Crippen LogP contribution >= 0.6 is 22.7 Å². The number of aryl methyl sites for hydroxylation is 2. The van der Waals surface area contributed by atoms with Crippen molar-refractivity contribution in [2.75, 3.05) is 5.32 Å². The number of nitrogens with zero attached hydrogens (tertiary/aromatic N) is 1. The molecule has 2 heterocycles. The minimum Gasteiger partial charge on any atom is -0.365 e. The number of anilines is 1. The molecule has 3 rings (SSSR count). The maximum atomic E-state index is 13.1. The Morgan fingerprint density at radius 2 is 1.77 bits per heavy atom. The molecule has 0 bridgehead atoms. The summed E-state index contributed by atoms with van der Waals surface area (Å²) in [4.78, 5) is 30.1. The van der Waals surface area contributed by atoms with Crippen LogP contribution in [0.25, 0.3) is 10.6 Å². The first kappa shape index (κ1) is 18.2. The predicted molar refractivity (Wildman–Crippen MR) is 103 cm³/mol. The fourth-order valence-corrected chi connectivity index (χ4v) is 4.52. The smallest absolute Gasteiger partial charge is 0.268 e. The number of rotatable bonds is 4. The number of thiophene rings is 1. The van der Waals surface area contributed by atoms with Gasteiger partial charge in [-0.15, -0.1) is 22.7 Å². The van der Waals surface area contributed by atoms with Crippen LogP contribution < -0.4 is 11.1 Å². The van der Waals surface area contributed by atoms with Crippen molar-refractivity contribution in [1.29, 1.82) is 0 Å². The zero-order chi connectivity index (χ0) is 19.0. The van der Waals surface area contributed by atoms with Crippen LogP contribution in [0.4, 0.5) is 9.39 Å². The van der Waals surface area contributed by atoms with Gasteiger partial charge in [0.05, 0.1) is 11.3 Å². The summed E-state index contributed by atoms with van der Waals surface area (Å²) in [5.41, 5.74) is 7.85. The van der Waals surface area contributed by atoms with E-state index in [0.717, 1.165) is 16.0 Å². The number of benzene rings is 1. The molecule has 0 aliphatic rings. The van der Waals surface area contributed by atoms with Crippen molar-refractivity contribution in [2.24, 2.45) is 5.73 Å². The second-order valence-electron chi connectivity index (χ2n) is 5.75. The highest BCUT2D eigenvalue weighted by atomic mass is 32.1. The molecule has 0 atom stereocenters. The van der Waals surface area contributed by atoms with Gasteiger partial charge in [-0.25, -0.2) is 9.37 Å². The topological polar surface area (TPSA) is 85.1 Å². The van der Waals surface area contributed by atoms with Gasteiger partial charge < -0.3 is 11.1 Å². The molecule has 0 saturated heterocycles. The van der Waals surface area contributed by atoms with E-state index in [1.54, 1.807) is 26.0 Å². The SMILES string of the molecule is Cc1nc(-c2ccc(F)cc2)sc1C(=O)Nc1sc(C)c(C)c1C(N)=O. The fraction of sp³-hybridized carbons (Fsp3) is 0.167. The molecule has 3 N–H and O–H groups in total. The number of carbonyl (C=O) groups is 2. The van der Waals surface area contributed by atoms with Crippen molar-refractivity contribution in [3.63, 3.8) is 0 Å². The molecular weight excluding hydrogens is 373 g/mol. The maximum Gasteiger partial charge on any atom is 0.268 e. The van der Waals surface area contributed by atoms with Crippen molar-refractivity contribution in [2.45, 2.75) is 20.8 Å². The molecule has 0 unspecified atom stereocenters. The lowest BCUT2D eigenvalue weighted by molar-refractivity contribution is 0.100. The molecule has 3 aromatic rings. The summed E-state index contributed by atoms with van der Waals surface area (Å²) in [6, 6.07) is 5.93. The Morgan fingerprint density at radius 1 is 1.12 bits per heavy atom. The summed E-state index contributed by atoms with van der Waals surface area (Å²) in [6.07, 6.45) is 0. The predicted octanol–water partition coefficient (Wildman–Crippen LogP) is 4.29. The Bertz CT molecular complexity index is 1010. The van der Waals surface area contributed by atoms with Gasteiger partial charge >= 0.3 is 0 Å². The second-order valence-corrected chi connectivity index (χ2v) is 7.97. The van der Waals surface area contributed by atoms with Crippen molar-refractivity contribution in [3.05, 3.63) is 56.7 Å². The van der Waals surface area contributed by atoms with Crippen molar-refractivity contribution < 1.29 is 14.0 Å². The van der Waals surface area contributed by atoms with Gasteiger partial charge in [-0.2, -0.15) is 0 Å². The summed E-state index contributed by atoms with van der Waals surface area (Å²) in [5, 5.41) is 3.84. The molecule has 0 radical (unpaired) electrons. The molecule has 1 aromatic carbocycles. The van der Waals surface area contributed by atoms with Crippen LogP contribution in [0.3, 0.4) is 0 Å². The lowest BCUT2D eigenvalue weighted by atomic mass is 10.1. The van der Waals surface area contributed by atoms with Gasteiger partial charge in [-0.05, 0) is 50.6 Å². The Labute approximate surface area is 157 Å². The van der Waals surface area contributed by atoms with Crippen LogP contribution in [-0.2, 0) is 0 Å². The third-order valence-corrected chi connectivity index (χ3v) is 6.28. The highest BCUT2D eigenvalue weighted by molar-refractivity contribution is 7.18. The van der Waals surface area contributed by atoms with Crippen molar-refractivity contribution in [3.8, 4) is 10.6 Å². The fourth-order valence-electron chi connectivity index (χ4n) is 2.49. The number of primary amides is 1. The van der Waals surface area contributed by atoms with E-state index in [1.807, 2.05) is 6.92 Å². The van der Waals surface area contributed by atoms with Crippen molar-refractivity contribution >= 4 is 39.5 Å². The van der Waals surface area contributed by atoms with Crippen molar-refractivity contribution in [1.82, 2.24) is 4.98 Å². The minimum absolute atomic E-state index is 0.331. The number of amides is 2. The summed E-state index contributed by atoms with van der Waals surface area (Å²) >= 11 is 2.53. The number of nitrogens with two attached hydrogens (primary N) is 1. The molecule has 134 valence electrons. The first-order valence-corrected chi connectivity index (χ1v) is 9.35.